The normalized spacial score (nSPS) is 11.7. The van der Waals surface area contributed by atoms with Crippen LogP contribution in [0, 0.1) is 12.8 Å². The van der Waals surface area contributed by atoms with Gasteiger partial charge in [0.2, 0.25) is 5.91 Å². The van der Waals surface area contributed by atoms with Crippen LogP contribution < -0.4 is 14.8 Å². The molecule has 0 bridgehead atoms. The van der Waals surface area contributed by atoms with Gasteiger partial charge in [0.25, 0.3) is 5.91 Å². The van der Waals surface area contributed by atoms with E-state index in [2.05, 4.69) is 5.32 Å². The van der Waals surface area contributed by atoms with Gasteiger partial charge in [-0.05, 0) is 49.1 Å². The quantitative estimate of drug-likeness (QED) is 0.648. The molecule has 1 atom stereocenters. The first-order chi connectivity index (χ1) is 14.3. The zero-order valence-corrected chi connectivity index (χ0v) is 18.5. The number of hydrogen-bond donors (Lipinski definition) is 1. The molecule has 2 rings (SSSR count). The maximum atomic E-state index is 13.1. The van der Waals surface area contributed by atoms with Crippen molar-refractivity contribution in [3.8, 4) is 11.5 Å². The van der Waals surface area contributed by atoms with Gasteiger partial charge in [-0.3, -0.25) is 9.59 Å². The van der Waals surface area contributed by atoms with E-state index in [0.29, 0.717) is 24.0 Å². The van der Waals surface area contributed by atoms with Gasteiger partial charge in [0.1, 0.15) is 17.5 Å². The highest BCUT2D eigenvalue weighted by Crippen LogP contribution is 2.18. The summed E-state index contributed by atoms with van der Waals surface area (Å²) >= 11 is 0. The van der Waals surface area contributed by atoms with Crippen LogP contribution >= 0.6 is 0 Å². The summed E-state index contributed by atoms with van der Waals surface area (Å²) in [4.78, 5) is 27.3. The lowest BCUT2D eigenvalue weighted by Gasteiger charge is -2.29. The second kappa shape index (κ2) is 11.2. The Labute approximate surface area is 179 Å². The first-order valence-corrected chi connectivity index (χ1v) is 10.2. The molecule has 0 unspecified atom stereocenters. The Morgan fingerprint density at radius 1 is 1.07 bits per heavy atom. The van der Waals surface area contributed by atoms with Crippen molar-refractivity contribution in [3.05, 3.63) is 59.7 Å². The van der Waals surface area contributed by atoms with Gasteiger partial charge in [0.15, 0.2) is 6.61 Å². The lowest BCUT2D eigenvalue weighted by atomic mass is 10.1. The molecule has 0 aromatic heterocycles. The van der Waals surface area contributed by atoms with Gasteiger partial charge in [0.05, 0.1) is 7.11 Å². The number of nitrogens with one attached hydrogen (secondary N) is 1. The van der Waals surface area contributed by atoms with Gasteiger partial charge in [-0.1, -0.05) is 44.2 Å². The van der Waals surface area contributed by atoms with Gasteiger partial charge in [-0.2, -0.15) is 0 Å². The highest BCUT2D eigenvalue weighted by Gasteiger charge is 2.26. The Morgan fingerprint density at radius 3 is 2.47 bits per heavy atom. The molecule has 0 aliphatic carbocycles. The molecule has 2 aromatic carbocycles. The second-order valence-corrected chi connectivity index (χ2v) is 7.74. The second-order valence-electron chi connectivity index (χ2n) is 7.74. The highest BCUT2D eigenvalue weighted by molar-refractivity contribution is 5.88. The lowest BCUT2D eigenvalue weighted by molar-refractivity contribution is -0.142. The van der Waals surface area contributed by atoms with Crippen molar-refractivity contribution < 1.29 is 19.1 Å². The van der Waals surface area contributed by atoms with E-state index in [1.165, 1.54) is 0 Å². The molecule has 0 spiro atoms. The zero-order chi connectivity index (χ0) is 22.1. The predicted octanol–water partition coefficient (Wildman–Crippen LogP) is 3.57. The van der Waals surface area contributed by atoms with Gasteiger partial charge in [-0.15, -0.1) is 0 Å². The number of para-hydroxylation sites is 1. The molecule has 6 nitrogen and oxygen atoms in total. The molecule has 162 valence electrons. The average molecular weight is 413 g/mol. The number of carbonyl (C=O) groups excluding carboxylic acids is 2. The maximum Gasteiger partial charge on any atom is 0.261 e. The van der Waals surface area contributed by atoms with E-state index in [1.807, 2.05) is 69.3 Å². The summed E-state index contributed by atoms with van der Waals surface area (Å²) in [6, 6.07) is 14.4. The molecule has 0 saturated carbocycles. The van der Waals surface area contributed by atoms with E-state index in [-0.39, 0.29) is 25.0 Å². The maximum absolute atomic E-state index is 13.1. The molecule has 0 radical (unpaired) electrons. The van der Waals surface area contributed by atoms with E-state index in [1.54, 1.807) is 18.9 Å². The largest absolute Gasteiger partial charge is 0.497 e. The molecule has 6 heteroatoms. The summed E-state index contributed by atoms with van der Waals surface area (Å²) in [5.74, 6) is 1.24. The first kappa shape index (κ1) is 23.3. The predicted molar refractivity (Wildman–Crippen MR) is 118 cm³/mol. The number of nitrogens with zero attached hydrogens (tertiary/aromatic N) is 1. The third kappa shape index (κ3) is 6.79. The van der Waals surface area contributed by atoms with Gasteiger partial charge < -0.3 is 19.7 Å². The number of amides is 2. The Balaban J connectivity index is 2.17. The van der Waals surface area contributed by atoms with Crippen molar-refractivity contribution in [2.24, 2.45) is 5.92 Å². The van der Waals surface area contributed by atoms with E-state index >= 15 is 0 Å². The van der Waals surface area contributed by atoms with Crippen LogP contribution in [0.1, 0.15) is 31.9 Å². The summed E-state index contributed by atoms with van der Waals surface area (Å²) in [7, 11) is 1.60. The summed E-state index contributed by atoms with van der Waals surface area (Å²) in [6.45, 7) is 8.42. The third-order valence-corrected chi connectivity index (χ3v) is 4.78. The van der Waals surface area contributed by atoms with Crippen LogP contribution in [0.5, 0.6) is 11.5 Å². The van der Waals surface area contributed by atoms with Crippen LogP contribution in [0.25, 0.3) is 0 Å². The summed E-state index contributed by atoms with van der Waals surface area (Å²) < 4.78 is 11.0. The van der Waals surface area contributed by atoms with E-state index in [9.17, 15) is 9.59 Å². The van der Waals surface area contributed by atoms with Crippen LogP contribution in [0.3, 0.4) is 0 Å². The van der Waals surface area contributed by atoms with E-state index in [4.69, 9.17) is 9.47 Å². The lowest BCUT2D eigenvalue weighted by Crippen LogP contribution is -2.49. The number of aryl methyl sites for hydroxylation is 1. The van der Waals surface area contributed by atoms with Gasteiger partial charge >= 0.3 is 0 Å². The molecular formula is C24H32N2O4. The number of ether oxygens (including phenoxy) is 2. The number of rotatable bonds is 10. The standard InChI is InChI=1S/C24H32N2O4/c1-17(2)14-25-24(28)19(4)26(15-20-10-8-11-21(13-20)29-5)23(27)16-30-22-12-7-6-9-18(22)3/h6-13,17,19H,14-16H2,1-5H3,(H,25,28)/t19-/m0/s1. The van der Waals surface area contributed by atoms with Crippen molar-refractivity contribution in [1.29, 1.82) is 0 Å². The summed E-state index contributed by atoms with van der Waals surface area (Å²) in [6.07, 6.45) is 0. The fraction of sp³-hybridized carbons (Fsp3) is 0.417. The molecule has 1 N–H and O–H groups in total. The van der Waals surface area contributed by atoms with Crippen LogP contribution in [-0.2, 0) is 16.1 Å². The van der Waals surface area contributed by atoms with Crippen molar-refractivity contribution in [1.82, 2.24) is 10.2 Å². The van der Waals surface area contributed by atoms with Crippen LogP contribution in [-0.4, -0.2) is 43.0 Å². The minimum absolute atomic E-state index is 0.142. The highest BCUT2D eigenvalue weighted by atomic mass is 16.5. The first-order valence-electron chi connectivity index (χ1n) is 10.2. The fourth-order valence-electron chi connectivity index (χ4n) is 2.94. The molecule has 0 heterocycles. The molecule has 0 fully saturated rings. The number of carbonyl (C=O) groups is 2. The van der Waals surface area contributed by atoms with Crippen LogP contribution in [0.2, 0.25) is 0 Å². The average Bonchev–Trinajstić information content (AvgIpc) is 2.74. The number of methoxy groups -OCH3 is 1. The van der Waals surface area contributed by atoms with Crippen LogP contribution in [0.4, 0.5) is 0 Å². The topological polar surface area (TPSA) is 67.9 Å². The van der Waals surface area contributed by atoms with Gasteiger partial charge in [0, 0.05) is 13.1 Å². The van der Waals surface area contributed by atoms with E-state index in [0.717, 1.165) is 11.1 Å². The molecule has 0 saturated heterocycles. The minimum Gasteiger partial charge on any atom is -0.497 e. The Kier molecular flexibility index (Phi) is 8.71. The molecule has 0 aliphatic heterocycles. The summed E-state index contributed by atoms with van der Waals surface area (Å²) in [5.41, 5.74) is 1.83. The fourth-order valence-corrected chi connectivity index (χ4v) is 2.94. The Bertz CT molecular complexity index is 851. The Hall–Kier alpha value is -3.02. The number of benzene rings is 2. The number of hydrogen-bond acceptors (Lipinski definition) is 4. The SMILES string of the molecule is COc1cccc(CN(C(=O)COc2ccccc2C)[C@@H](C)C(=O)NCC(C)C)c1. The van der Waals surface area contributed by atoms with Crippen molar-refractivity contribution >= 4 is 11.8 Å². The summed E-state index contributed by atoms with van der Waals surface area (Å²) in [5, 5.41) is 2.91. The smallest absolute Gasteiger partial charge is 0.261 e. The molecular weight excluding hydrogens is 380 g/mol. The van der Waals surface area contributed by atoms with Crippen molar-refractivity contribution in [2.75, 3.05) is 20.3 Å². The molecule has 30 heavy (non-hydrogen) atoms. The Morgan fingerprint density at radius 2 is 1.80 bits per heavy atom. The molecule has 2 amide bonds. The minimum atomic E-state index is -0.636. The zero-order valence-electron chi connectivity index (χ0n) is 18.5. The third-order valence-electron chi connectivity index (χ3n) is 4.78. The molecule has 0 aliphatic rings. The van der Waals surface area contributed by atoms with Crippen LogP contribution in [0.15, 0.2) is 48.5 Å². The van der Waals surface area contributed by atoms with Gasteiger partial charge in [-0.25, -0.2) is 0 Å². The van der Waals surface area contributed by atoms with Crippen molar-refractivity contribution in [3.63, 3.8) is 0 Å². The monoisotopic (exact) mass is 412 g/mol. The van der Waals surface area contributed by atoms with Crippen molar-refractivity contribution in [2.45, 2.75) is 40.3 Å². The molecule has 2 aromatic rings. The van der Waals surface area contributed by atoms with E-state index < -0.39 is 6.04 Å².